The van der Waals surface area contributed by atoms with E-state index in [1.54, 1.807) is 16.0 Å². The number of nitrogens with zero attached hydrogens (tertiary/aromatic N) is 3. The summed E-state index contributed by atoms with van der Waals surface area (Å²) in [5.74, 6) is 0. The lowest BCUT2D eigenvalue weighted by Gasteiger charge is -1.94. The van der Waals surface area contributed by atoms with Gasteiger partial charge in [-0.05, 0) is 22.0 Å². The molecule has 0 unspecified atom stereocenters. The van der Waals surface area contributed by atoms with Gasteiger partial charge in [0.2, 0.25) is 0 Å². The summed E-state index contributed by atoms with van der Waals surface area (Å²) >= 11 is 5.09. The Morgan fingerprint density at radius 2 is 2.40 bits per heavy atom. The van der Waals surface area contributed by atoms with Crippen LogP contribution in [0.15, 0.2) is 22.1 Å². The fourth-order valence-corrected chi connectivity index (χ4v) is 2.68. The highest BCUT2D eigenvalue weighted by Gasteiger charge is 2.02. The Morgan fingerprint density at radius 3 is 3.07 bits per heavy atom. The minimum atomic E-state index is 0.114. The Bertz CT molecular complexity index is 440. The molecule has 0 bridgehead atoms. The zero-order chi connectivity index (χ0) is 10.7. The van der Waals surface area contributed by atoms with Crippen molar-refractivity contribution in [2.24, 2.45) is 0 Å². The topological polar surface area (TPSA) is 50.9 Å². The molecular formula is C9H10BrN3OS. The first-order valence-corrected chi connectivity index (χ1v) is 6.18. The molecular weight excluding hydrogens is 278 g/mol. The molecule has 0 aliphatic rings. The van der Waals surface area contributed by atoms with Crippen molar-refractivity contribution in [1.29, 1.82) is 0 Å². The summed E-state index contributed by atoms with van der Waals surface area (Å²) in [6.07, 6.45) is 2.43. The number of rotatable bonds is 4. The summed E-state index contributed by atoms with van der Waals surface area (Å²) in [5.41, 5.74) is 0.827. The van der Waals surface area contributed by atoms with E-state index >= 15 is 0 Å². The number of aromatic nitrogens is 3. The van der Waals surface area contributed by atoms with Gasteiger partial charge in [-0.1, -0.05) is 5.21 Å². The highest BCUT2D eigenvalue weighted by molar-refractivity contribution is 9.10. The summed E-state index contributed by atoms with van der Waals surface area (Å²) in [6, 6.07) is 2.07. The van der Waals surface area contributed by atoms with Crippen LogP contribution in [0.5, 0.6) is 0 Å². The van der Waals surface area contributed by atoms with E-state index < -0.39 is 0 Å². The quantitative estimate of drug-likeness (QED) is 0.931. The SMILES string of the molecule is OCCc1cn(Cc2cc(Br)cs2)nn1. The van der Waals surface area contributed by atoms with E-state index in [0.717, 1.165) is 16.7 Å². The number of aliphatic hydroxyl groups is 1. The van der Waals surface area contributed by atoms with Gasteiger partial charge in [0.25, 0.3) is 0 Å². The molecule has 2 rings (SSSR count). The summed E-state index contributed by atoms with van der Waals surface area (Å²) in [5, 5.41) is 18.7. The van der Waals surface area contributed by atoms with E-state index in [1.807, 2.05) is 11.6 Å². The summed E-state index contributed by atoms with van der Waals surface area (Å²) in [6.45, 7) is 0.845. The molecule has 0 aliphatic heterocycles. The molecule has 6 heteroatoms. The van der Waals surface area contributed by atoms with E-state index in [2.05, 4.69) is 32.3 Å². The molecule has 2 heterocycles. The van der Waals surface area contributed by atoms with Crippen LogP contribution in [-0.2, 0) is 13.0 Å². The third kappa shape index (κ3) is 2.87. The second-order valence-corrected chi connectivity index (χ2v) is 5.02. The number of hydrogen-bond donors (Lipinski definition) is 1. The first kappa shape index (κ1) is 10.8. The second kappa shape index (κ2) is 4.87. The molecule has 4 nitrogen and oxygen atoms in total. The predicted molar refractivity (Wildman–Crippen MR) is 61.9 cm³/mol. The molecule has 0 atom stereocenters. The number of hydrogen-bond acceptors (Lipinski definition) is 4. The smallest absolute Gasteiger partial charge is 0.0850 e. The fourth-order valence-electron chi connectivity index (χ4n) is 1.24. The predicted octanol–water partition coefficient (Wildman–Crippen LogP) is 1.69. The van der Waals surface area contributed by atoms with Crippen LogP contribution in [0.1, 0.15) is 10.6 Å². The highest BCUT2D eigenvalue weighted by atomic mass is 79.9. The average molecular weight is 288 g/mol. The minimum absolute atomic E-state index is 0.114. The molecule has 0 aliphatic carbocycles. The number of halogens is 1. The third-order valence-corrected chi connectivity index (χ3v) is 3.58. The van der Waals surface area contributed by atoms with Crippen molar-refractivity contribution in [3.63, 3.8) is 0 Å². The molecule has 0 radical (unpaired) electrons. The zero-order valence-electron chi connectivity index (χ0n) is 7.93. The Kier molecular flexibility index (Phi) is 3.50. The van der Waals surface area contributed by atoms with Crippen LogP contribution in [0.3, 0.4) is 0 Å². The minimum Gasteiger partial charge on any atom is -0.396 e. The van der Waals surface area contributed by atoms with E-state index in [1.165, 1.54) is 4.88 Å². The molecule has 0 aromatic carbocycles. The molecule has 1 N–H and O–H groups in total. The molecule has 0 saturated carbocycles. The maximum Gasteiger partial charge on any atom is 0.0850 e. The van der Waals surface area contributed by atoms with Gasteiger partial charge in [0.1, 0.15) is 0 Å². The summed E-state index contributed by atoms with van der Waals surface area (Å²) in [4.78, 5) is 1.22. The molecule has 0 fully saturated rings. The average Bonchev–Trinajstić information content (AvgIpc) is 2.78. The Morgan fingerprint density at radius 1 is 1.53 bits per heavy atom. The van der Waals surface area contributed by atoms with Gasteiger partial charge in [-0.15, -0.1) is 16.4 Å². The van der Waals surface area contributed by atoms with Gasteiger partial charge in [0.05, 0.1) is 12.2 Å². The van der Waals surface area contributed by atoms with Crippen LogP contribution < -0.4 is 0 Å². The monoisotopic (exact) mass is 287 g/mol. The molecule has 0 spiro atoms. The molecule has 0 saturated heterocycles. The van der Waals surface area contributed by atoms with Crippen molar-refractivity contribution < 1.29 is 5.11 Å². The van der Waals surface area contributed by atoms with E-state index in [-0.39, 0.29) is 6.61 Å². The van der Waals surface area contributed by atoms with Crippen molar-refractivity contribution in [2.45, 2.75) is 13.0 Å². The maximum atomic E-state index is 8.74. The molecule has 15 heavy (non-hydrogen) atoms. The first-order valence-electron chi connectivity index (χ1n) is 4.50. The van der Waals surface area contributed by atoms with Gasteiger partial charge in [0, 0.05) is 34.0 Å². The van der Waals surface area contributed by atoms with Crippen LogP contribution in [0, 0.1) is 0 Å². The molecule has 2 aromatic rings. The van der Waals surface area contributed by atoms with Crippen LogP contribution in [0.4, 0.5) is 0 Å². The summed E-state index contributed by atoms with van der Waals surface area (Å²) < 4.78 is 2.88. The summed E-state index contributed by atoms with van der Waals surface area (Å²) in [7, 11) is 0. The van der Waals surface area contributed by atoms with Gasteiger partial charge in [-0.25, -0.2) is 4.68 Å². The normalized spacial score (nSPS) is 10.8. The first-order chi connectivity index (χ1) is 7.28. The Hall–Kier alpha value is -0.720. The van der Waals surface area contributed by atoms with Crippen LogP contribution in [-0.4, -0.2) is 26.7 Å². The lowest BCUT2D eigenvalue weighted by Crippen LogP contribution is -1.98. The van der Waals surface area contributed by atoms with Crippen molar-refractivity contribution in [3.8, 4) is 0 Å². The van der Waals surface area contributed by atoms with Gasteiger partial charge >= 0.3 is 0 Å². The van der Waals surface area contributed by atoms with Crippen LogP contribution in [0.25, 0.3) is 0 Å². The van der Waals surface area contributed by atoms with Gasteiger partial charge in [-0.3, -0.25) is 0 Å². The third-order valence-electron chi connectivity index (χ3n) is 1.89. The molecule has 2 aromatic heterocycles. The van der Waals surface area contributed by atoms with Gasteiger partial charge < -0.3 is 5.11 Å². The molecule has 0 amide bonds. The zero-order valence-corrected chi connectivity index (χ0v) is 10.3. The Balaban J connectivity index is 2.04. The van der Waals surface area contributed by atoms with E-state index in [0.29, 0.717) is 6.42 Å². The van der Waals surface area contributed by atoms with Gasteiger partial charge in [0.15, 0.2) is 0 Å². The van der Waals surface area contributed by atoms with Gasteiger partial charge in [-0.2, -0.15) is 0 Å². The Labute approximate surface area is 99.7 Å². The lowest BCUT2D eigenvalue weighted by molar-refractivity contribution is 0.298. The molecule has 80 valence electrons. The maximum absolute atomic E-state index is 8.74. The fraction of sp³-hybridized carbons (Fsp3) is 0.333. The second-order valence-electron chi connectivity index (χ2n) is 3.11. The van der Waals surface area contributed by atoms with E-state index in [4.69, 9.17) is 5.11 Å². The largest absolute Gasteiger partial charge is 0.396 e. The van der Waals surface area contributed by atoms with Crippen molar-refractivity contribution >= 4 is 27.3 Å². The lowest BCUT2D eigenvalue weighted by atomic mass is 10.3. The van der Waals surface area contributed by atoms with Crippen molar-refractivity contribution in [3.05, 3.63) is 32.7 Å². The number of thiophene rings is 1. The highest BCUT2D eigenvalue weighted by Crippen LogP contribution is 2.20. The van der Waals surface area contributed by atoms with Crippen molar-refractivity contribution in [1.82, 2.24) is 15.0 Å². The van der Waals surface area contributed by atoms with Crippen molar-refractivity contribution in [2.75, 3.05) is 6.61 Å². The van der Waals surface area contributed by atoms with Crippen LogP contribution >= 0.6 is 27.3 Å². The van der Waals surface area contributed by atoms with Crippen LogP contribution in [0.2, 0.25) is 0 Å². The van der Waals surface area contributed by atoms with E-state index in [9.17, 15) is 0 Å². The standard InChI is InChI=1S/C9H10BrN3OS/c10-7-3-9(15-6-7)5-13-4-8(1-2-14)11-12-13/h3-4,6,14H,1-2,5H2. The number of aliphatic hydroxyl groups excluding tert-OH is 1.